The minimum atomic E-state index is -3.24. The first-order chi connectivity index (χ1) is 12.3. The summed E-state index contributed by atoms with van der Waals surface area (Å²) in [7, 11) is -3.24. The van der Waals surface area contributed by atoms with Gasteiger partial charge < -0.3 is 14.8 Å². The fourth-order valence-corrected chi connectivity index (χ4v) is 3.59. The average molecular weight is 384 g/mol. The van der Waals surface area contributed by atoms with Gasteiger partial charge >= 0.3 is 5.97 Å². The molecule has 1 aromatic carbocycles. The molecule has 1 saturated heterocycles. The minimum absolute atomic E-state index is 0.284. The van der Waals surface area contributed by atoms with Crippen LogP contribution in [0.25, 0.3) is 0 Å². The molecule has 0 aliphatic carbocycles. The number of carbonyl (C=O) groups is 2. The van der Waals surface area contributed by atoms with Gasteiger partial charge in [0.1, 0.15) is 5.75 Å². The molecule has 8 nitrogen and oxygen atoms in total. The third-order valence-electron chi connectivity index (χ3n) is 4.06. The van der Waals surface area contributed by atoms with Crippen molar-refractivity contribution in [2.24, 2.45) is 5.92 Å². The first kappa shape index (κ1) is 20.2. The zero-order valence-corrected chi connectivity index (χ0v) is 15.8. The second-order valence-corrected chi connectivity index (χ2v) is 8.00. The number of carbonyl (C=O) groups excluding carboxylic acids is 2. The molecule has 1 aliphatic rings. The molecule has 144 valence electrons. The summed E-state index contributed by atoms with van der Waals surface area (Å²) in [4.78, 5) is 24.1. The fraction of sp³-hybridized carbons (Fsp3) is 0.529. The molecule has 1 aliphatic heterocycles. The molecule has 0 aromatic heterocycles. The van der Waals surface area contributed by atoms with Crippen LogP contribution in [0.2, 0.25) is 0 Å². The van der Waals surface area contributed by atoms with Gasteiger partial charge in [0.05, 0.1) is 24.5 Å². The quantitative estimate of drug-likeness (QED) is 0.710. The molecule has 0 bridgehead atoms. The maximum atomic E-state index is 12.1. The molecule has 1 aromatic rings. The van der Waals surface area contributed by atoms with Gasteiger partial charge in [-0.1, -0.05) is 12.1 Å². The van der Waals surface area contributed by atoms with E-state index in [-0.39, 0.29) is 13.1 Å². The minimum Gasteiger partial charge on any atom is -0.492 e. The molecule has 1 fully saturated rings. The van der Waals surface area contributed by atoms with E-state index in [0.717, 1.165) is 6.26 Å². The molecule has 0 spiro atoms. The van der Waals surface area contributed by atoms with Crippen LogP contribution in [-0.2, 0) is 24.3 Å². The van der Waals surface area contributed by atoms with Gasteiger partial charge in [-0.3, -0.25) is 9.59 Å². The van der Waals surface area contributed by atoms with E-state index in [9.17, 15) is 18.0 Å². The van der Waals surface area contributed by atoms with Gasteiger partial charge in [0, 0.05) is 13.1 Å². The molecule has 0 unspecified atom stereocenters. The van der Waals surface area contributed by atoms with Crippen molar-refractivity contribution >= 4 is 27.6 Å². The lowest BCUT2D eigenvalue weighted by Gasteiger charge is -2.28. The van der Waals surface area contributed by atoms with Crippen LogP contribution >= 0.6 is 0 Å². The third kappa shape index (κ3) is 5.70. The zero-order valence-electron chi connectivity index (χ0n) is 14.9. The highest BCUT2D eigenvalue weighted by molar-refractivity contribution is 7.88. The van der Waals surface area contributed by atoms with Crippen LogP contribution in [-0.4, -0.2) is 57.2 Å². The number of nitrogens with one attached hydrogen (secondary N) is 1. The maximum absolute atomic E-state index is 12.1. The Morgan fingerprint density at radius 1 is 1.23 bits per heavy atom. The molecule has 26 heavy (non-hydrogen) atoms. The second-order valence-electron chi connectivity index (χ2n) is 6.02. The maximum Gasteiger partial charge on any atom is 0.309 e. The van der Waals surface area contributed by atoms with Crippen molar-refractivity contribution in [3.05, 3.63) is 24.3 Å². The Bertz CT molecular complexity index is 741. The molecule has 1 amide bonds. The second kappa shape index (κ2) is 9.00. The first-order valence-electron chi connectivity index (χ1n) is 8.44. The number of rotatable bonds is 7. The third-order valence-corrected chi connectivity index (χ3v) is 5.37. The number of amides is 1. The Balaban J connectivity index is 1.80. The standard InChI is InChI=1S/C17H24N2O6S/c1-3-24-15-7-5-4-6-14(15)18-16(20)12-25-17(21)13-8-10-19(11-9-13)26(2,22)23/h4-7,13H,3,8-12H2,1-2H3,(H,18,20). The highest BCUT2D eigenvalue weighted by Gasteiger charge is 2.30. The van der Waals surface area contributed by atoms with Gasteiger partial charge in [-0.25, -0.2) is 12.7 Å². The van der Waals surface area contributed by atoms with Gasteiger partial charge in [-0.05, 0) is 31.9 Å². The number of hydrogen-bond acceptors (Lipinski definition) is 6. The normalized spacial score (nSPS) is 16.1. The van der Waals surface area contributed by atoms with E-state index in [1.165, 1.54) is 4.31 Å². The molecular weight excluding hydrogens is 360 g/mol. The van der Waals surface area contributed by atoms with E-state index in [2.05, 4.69) is 5.32 Å². The SMILES string of the molecule is CCOc1ccccc1NC(=O)COC(=O)C1CCN(S(C)(=O)=O)CC1. The summed E-state index contributed by atoms with van der Waals surface area (Å²) >= 11 is 0. The van der Waals surface area contributed by atoms with Crippen LogP contribution in [0.15, 0.2) is 24.3 Å². The molecule has 1 N–H and O–H groups in total. The number of hydrogen-bond donors (Lipinski definition) is 1. The highest BCUT2D eigenvalue weighted by Crippen LogP contribution is 2.24. The number of benzene rings is 1. The monoisotopic (exact) mass is 384 g/mol. The van der Waals surface area contributed by atoms with E-state index in [1.807, 2.05) is 6.92 Å². The van der Waals surface area contributed by atoms with Crippen LogP contribution in [0.4, 0.5) is 5.69 Å². The number of anilines is 1. The van der Waals surface area contributed by atoms with Gasteiger partial charge in [0.15, 0.2) is 6.61 Å². The van der Waals surface area contributed by atoms with Crippen molar-refractivity contribution in [1.82, 2.24) is 4.31 Å². The Morgan fingerprint density at radius 3 is 2.50 bits per heavy atom. The number of nitrogens with zero attached hydrogens (tertiary/aromatic N) is 1. The van der Waals surface area contributed by atoms with Crippen LogP contribution in [0.3, 0.4) is 0 Å². The summed E-state index contributed by atoms with van der Waals surface area (Å²) in [5.41, 5.74) is 0.511. The van der Waals surface area contributed by atoms with Gasteiger partial charge in [-0.2, -0.15) is 0 Å². The Kier molecular flexibility index (Phi) is 6.98. The van der Waals surface area contributed by atoms with Gasteiger partial charge in [0.2, 0.25) is 10.0 Å². The van der Waals surface area contributed by atoms with Crippen molar-refractivity contribution in [2.45, 2.75) is 19.8 Å². The van der Waals surface area contributed by atoms with Crippen LogP contribution in [0.5, 0.6) is 5.75 Å². The summed E-state index contributed by atoms with van der Waals surface area (Å²) in [5.74, 6) is -0.787. The van der Waals surface area contributed by atoms with Crippen molar-refractivity contribution in [3.8, 4) is 5.75 Å². The Labute approximate surface area is 153 Å². The van der Waals surface area contributed by atoms with E-state index in [0.29, 0.717) is 30.9 Å². The van der Waals surface area contributed by atoms with E-state index in [4.69, 9.17) is 9.47 Å². The molecular formula is C17H24N2O6S. The summed E-state index contributed by atoms with van der Waals surface area (Å²) < 4.78 is 34.8. The highest BCUT2D eigenvalue weighted by atomic mass is 32.2. The lowest BCUT2D eigenvalue weighted by molar-refractivity contribution is -0.152. The lowest BCUT2D eigenvalue weighted by Crippen LogP contribution is -2.40. The number of piperidine rings is 1. The Hall–Kier alpha value is -2.13. The van der Waals surface area contributed by atoms with Crippen molar-refractivity contribution < 1.29 is 27.5 Å². The van der Waals surface area contributed by atoms with Crippen LogP contribution in [0, 0.1) is 5.92 Å². The zero-order chi connectivity index (χ0) is 19.2. The number of esters is 1. The average Bonchev–Trinajstić information content (AvgIpc) is 2.61. The summed E-state index contributed by atoms with van der Waals surface area (Å²) in [6.45, 7) is 2.48. The van der Waals surface area contributed by atoms with Gasteiger partial charge in [-0.15, -0.1) is 0 Å². The predicted octanol–water partition coefficient (Wildman–Crippen LogP) is 1.24. The summed E-state index contributed by atoms with van der Waals surface area (Å²) in [6, 6.07) is 7.00. The smallest absolute Gasteiger partial charge is 0.309 e. The van der Waals surface area contributed by atoms with E-state index < -0.39 is 34.4 Å². The topological polar surface area (TPSA) is 102 Å². The molecule has 1 heterocycles. The lowest BCUT2D eigenvalue weighted by atomic mass is 9.98. The fourth-order valence-electron chi connectivity index (χ4n) is 2.72. The van der Waals surface area contributed by atoms with Crippen LogP contribution in [0.1, 0.15) is 19.8 Å². The molecule has 0 atom stereocenters. The molecule has 2 rings (SSSR count). The predicted molar refractivity (Wildman–Crippen MR) is 96.3 cm³/mol. The molecule has 0 saturated carbocycles. The molecule has 9 heteroatoms. The number of para-hydroxylation sites is 2. The van der Waals surface area contributed by atoms with Crippen molar-refractivity contribution in [2.75, 3.05) is 37.9 Å². The summed E-state index contributed by atoms with van der Waals surface area (Å²) in [5, 5.41) is 2.65. The van der Waals surface area contributed by atoms with E-state index >= 15 is 0 Å². The largest absolute Gasteiger partial charge is 0.492 e. The van der Waals surface area contributed by atoms with Crippen molar-refractivity contribution in [1.29, 1.82) is 0 Å². The number of sulfonamides is 1. The number of ether oxygens (including phenoxy) is 2. The first-order valence-corrected chi connectivity index (χ1v) is 10.3. The Morgan fingerprint density at radius 2 is 1.88 bits per heavy atom. The van der Waals surface area contributed by atoms with Crippen LogP contribution < -0.4 is 10.1 Å². The van der Waals surface area contributed by atoms with Crippen molar-refractivity contribution in [3.63, 3.8) is 0 Å². The summed E-state index contributed by atoms with van der Waals surface area (Å²) in [6.07, 6.45) is 1.93. The molecule has 0 radical (unpaired) electrons. The van der Waals surface area contributed by atoms with E-state index in [1.54, 1.807) is 24.3 Å². The van der Waals surface area contributed by atoms with Gasteiger partial charge in [0.25, 0.3) is 5.91 Å².